The maximum absolute atomic E-state index is 12.3. The number of hydrogen-bond acceptors (Lipinski definition) is 4. The molecule has 0 bridgehead atoms. The maximum Gasteiger partial charge on any atom is 0.435 e. The van der Waals surface area contributed by atoms with Gasteiger partial charge in [-0.15, -0.1) is 10.2 Å². The van der Waals surface area contributed by atoms with E-state index < -0.39 is 11.9 Å². The van der Waals surface area contributed by atoms with Crippen molar-refractivity contribution < 1.29 is 17.9 Å². The zero-order valence-electron chi connectivity index (χ0n) is 9.35. The van der Waals surface area contributed by atoms with Crippen molar-refractivity contribution >= 4 is 0 Å². The first kappa shape index (κ1) is 12.8. The van der Waals surface area contributed by atoms with Crippen LogP contribution in [0.1, 0.15) is 11.3 Å². The summed E-state index contributed by atoms with van der Waals surface area (Å²) in [6, 6.07) is 9.86. The van der Waals surface area contributed by atoms with Crippen LogP contribution in [0.4, 0.5) is 13.2 Å². The van der Waals surface area contributed by atoms with Gasteiger partial charge < -0.3 is 4.74 Å². The van der Waals surface area contributed by atoms with E-state index in [4.69, 9.17) is 10.00 Å². The Bertz CT molecular complexity index is 600. The second-order valence-electron chi connectivity index (χ2n) is 3.49. The van der Waals surface area contributed by atoms with Gasteiger partial charge in [0.05, 0.1) is 11.6 Å². The molecular formula is C12H6F3N3O. The first-order chi connectivity index (χ1) is 8.99. The van der Waals surface area contributed by atoms with Crippen molar-refractivity contribution in [3.05, 3.63) is 47.7 Å². The first-order valence-electron chi connectivity index (χ1n) is 5.08. The number of ether oxygens (including phenoxy) is 1. The zero-order valence-corrected chi connectivity index (χ0v) is 9.35. The fraction of sp³-hybridized carbons (Fsp3) is 0.0833. The van der Waals surface area contributed by atoms with Gasteiger partial charge in [-0.05, 0) is 30.3 Å². The highest BCUT2D eigenvalue weighted by molar-refractivity contribution is 5.36. The monoisotopic (exact) mass is 265 g/mol. The molecule has 2 rings (SSSR count). The third kappa shape index (κ3) is 3.19. The van der Waals surface area contributed by atoms with E-state index >= 15 is 0 Å². The highest BCUT2D eigenvalue weighted by Crippen LogP contribution is 2.28. The van der Waals surface area contributed by atoms with Gasteiger partial charge in [0.25, 0.3) is 0 Å². The predicted octanol–water partition coefficient (Wildman–Crippen LogP) is 3.16. The van der Waals surface area contributed by atoms with Crippen molar-refractivity contribution in [2.45, 2.75) is 6.18 Å². The topological polar surface area (TPSA) is 58.8 Å². The predicted molar refractivity (Wildman–Crippen MR) is 58.3 cm³/mol. The molecule has 96 valence electrons. The number of alkyl halides is 3. The molecule has 19 heavy (non-hydrogen) atoms. The van der Waals surface area contributed by atoms with Crippen molar-refractivity contribution in [2.75, 3.05) is 0 Å². The molecule has 0 fully saturated rings. The molecule has 7 heteroatoms. The summed E-state index contributed by atoms with van der Waals surface area (Å²) in [7, 11) is 0. The number of nitriles is 1. The van der Waals surface area contributed by atoms with Gasteiger partial charge in [0.1, 0.15) is 5.75 Å². The van der Waals surface area contributed by atoms with E-state index in [0.29, 0.717) is 11.3 Å². The summed E-state index contributed by atoms with van der Waals surface area (Å²) in [5.74, 6) is 0.297. The van der Waals surface area contributed by atoms with Gasteiger partial charge in [0.2, 0.25) is 5.88 Å². The number of nitrogens with zero attached hydrogens (tertiary/aromatic N) is 3. The van der Waals surface area contributed by atoms with E-state index in [1.54, 1.807) is 0 Å². The number of hydrogen-bond donors (Lipinski definition) is 0. The quantitative estimate of drug-likeness (QED) is 0.836. The Hall–Kier alpha value is -2.62. The molecule has 1 aromatic carbocycles. The summed E-state index contributed by atoms with van der Waals surface area (Å²) in [6.07, 6.45) is -4.53. The molecule has 0 aliphatic carbocycles. The summed E-state index contributed by atoms with van der Waals surface area (Å²) in [6.45, 7) is 0. The number of benzene rings is 1. The lowest BCUT2D eigenvalue weighted by Crippen LogP contribution is -2.08. The van der Waals surface area contributed by atoms with Crippen molar-refractivity contribution in [3.8, 4) is 17.7 Å². The van der Waals surface area contributed by atoms with Crippen LogP contribution in [-0.4, -0.2) is 10.2 Å². The van der Waals surface area contributed by atoms with Crippen LogP contribution in [-0.2, 0) is 6.18 Å². The molecule has 2 aromatic rings. The summed E-state index contributed by atoms with van der Waals surface area (Å²) in [5.41, 5.74) is -0.634. The summed E-state index contributed by atoms with van der Waals surface area (Å²) >= 11 is 0. The molecule has 0 saturated heterocycles. The Labute approximate surface area is 106 Å². The third-order valence-corrected chi connectivity index (χ3v) is 2.14. The lowest BCUT2D eigenvalue weighted by Gasteiger charge is -2.06. The van der Waals surface area contributed by atoms with E-state index in [1.165, 1.54) is 24.3 Å². The molecule has 0 atom stereocenters. The average molecular weight is 265 g/mol. The normalized spacial score (nSPS) is 10.8. The average Bonchev–Trinajstić information content (AvgIpc) is 2.39. The minimum absolute atomic E-state index is 0.0577. The summed E-state index contributed by atoms with van der Waals surface area (Å²) in [5, 5.41) is 15.0. The zero-order chi connectivity index (χ0) is 13.9. The van der Waals surface area contributed by atoms with Crippen LogP contribution in [0.2, 0.25) is 0 Å². The van der Waals surface area contributed by atoms with E-state index in [9.17, 15) is 13.2 Å². The molecule has 0 unspecified atom stereocenters. The molecule has 0 saturated carbocycles. The van der Waals surface area contributed by atoms with Crippen LogP contribution in [0.5, 0.6) is 11.6 Å². The minimum atomic E-state index is -4.53. The Morgan fingerprint density at radius 1 is 1.00 bits per heavy atom. The highest BCUT2D eigenvalue weighted by atomic mass is 19.4. The summed E-state index contributed by atoms with van der Waals surface area (Å²) < 4.78 is 42.0. The van der Waals surface area contributed by atoms with E-state index in [2.05, 4.69) is 10.2 Å². The highest BCUT2D eigenvalue weighted by Gasteiger charge is 2.32. The maximum atomic E-state index is 12.3. The fourth-order valence-electron chi connectivity index (χ4n) is 1.24. The third-order valence-electron chi connectivity index (χ3n) is 2.14. The van der Waals surface area contributed by atoms with Gasteiger partial charge in [-0.25, -0.2) is 0 Å². The Kier molecular flexibility index (Phi) is 3.33. The van der Waals surface area contributed by atoms with Crippen molar-refractivity contribution in [3.63, 3.8) is 0 Å². The second kappa shape index (κ2) is 4.94. The molecule has 0 aliphatic rings. The Morgan fingerprint density at radius 3 is 2.16 bits per heavy atom. The van der Waals surface area contributed by atoms with Crippen LogP contribution in [0.15, 0.2) is 36.4 Å². The minimum Gasteiger partial charge on any atom is -0.438 e. The second-order valence-corrected chi connectivity index (χ2v) is 3.49. The van der Waals surface area contributed by atoms with Crippen LogP contribution < -0.4 is 4.74 Å². The molecule has 4 nitrogen and oxygen atoms in total. The molecule has 0 amide bonds. The molecule has 0 spiro atoms. The standard InChI is InChI=1S/C12H6F3N3O/c13-12(14,15)10-5-6-11(18-17-10)19-9-3-1-8(7-16)2-4-9/h1-6H. The molecule has 0 N–H and O–H groups in total. The van der Waals surface area contributed by atoms with E-state index in [0.717, 1.165) is 12.1 Å². The molecule has 0 aliphatic heterocycles. The smallest absolute Gasteiger partial charge is 0.435 e. The number of halogens is 3. The fourth-order valence-corrected chi connectivity index (χ4v) is 1.24. The molecule has 1 heterocycles. The SMILES string of the molecule is N#Cc1ccc(Oc2ccc(C(F)(F)F)nn2)cc1. The Morgan fingerprint density at radius 2 is 1.68 bits per heavy atom. The van der Waals surface area contributed by atoms with Crippen molar-refractivity contribution in [2.24, 2.45) is 0 Å². The van der Waals surface area contributed by atoms with Gasteiger partial charge in [-0.3, -0.25) is 0 Å². The summed E-state index contributed by atoms with van der Waals surface area (Å²) in [4.78, 5) is 0. The Balaban J connectivity index is 2.13. The number of aromatic nitrogens is 2. The van der Waals surface area contributed by atoms with Crippen LogP contribution in [0.25, 0.3) is 0 Å². The lowest BCUT2D eigenvalue weighted by molar-refractivity contribution is -0.141. The molecule has 0 radical (unpaired) electrons. The van der Waals surface area contributed by atoms with Gasteiger partial charge in [-0.1, -0.05) is 0 Å². The lowest BCUT2D eigenvalue weighted by atomic mass is 10.2. The van der Waals surface area contributed by atoms with Crippen molar-refractivity contribution in [1.29, 1.82) is 5.26 Å². The van der Waals surface area contributed by atoms with Gasteiger partial charge in [0, 0.05) is 6.07 Å². The van der Waals surface area contributed by atoms with E-state index in [-0.39, 0.29) is 5.88 Å². The first-order valence-corrected chi connectivity index (χ1v) is 5.08. The van der Waals surface area contributed by atoms with E-state index in [1.807, 2.05) is 6.07 Å². The van der Waals surface area contributed by atoms with Crippen LogP contribution >= 0.6 is 0 Å². The van der Waals surface area contributed by atoms with Gasteiger partial charge in [0.15, 0.2) is 5.69 Å². The molecular weight excluding hydrogens is 259 g/mol. The van der Waals surface area contributed by atoms with Crippen LogP contribution in [0.3, 0.4) is 0 Å². The molecule has 1 aromatic heterocycles. The van der Waals surface area contributed by atoms with Gasteiger partial charge >= 0.3 is 6.18 Å². The number of rotatable bonds is 2. The van der Waals surface area contributed by atoms with Crippen molar-refractivity contribution in [1.82, 2.24) is 10.2 Å². The van der Waals surface area contributed by atoms with Gasteiger partial charge in [-0.2, -0.15) is 18.4 Å². The largest absolute Gasteiger partial charge is 0.438 e. The van der Waals surface area contributed by atoms with Crippen LogP contribution in [0, 0.1) is 11.3 Å².